The quantitative estimate of drug-likeness (QED) is 0.775. The summed E-state index contributed by atoms with van der Waals surface area (Å²) in [7, 11) is 0. The van der Waals surface area contributed by atoms with Crippen LogP contribution in [0.4, 0.5) is 5.69 Å². The third-order valence-corrected chi connectivity index (χ3v) is 3.36. The van der Waals surface area contributed by atoms with E-state index >= 15 is 0 Å². The van der Waals surface area contributed by atoms with E-state index in [0.29, 0.717) is 0 Å². The Labute approximate surface area is 128 Å². The van der Waals surface area contributed by atoms with Gasteiger partial charge in [-0.25, -0.2) is 0 Å². The van der Waals surface area contributed by atoms with Crippen molar-refractivity contribution in [3.63, 3.8) is 0 Å². The highest BCUT2D eigenvalue weighted by atomic mass is 127. The van der Waals surface area contributed by atoms with Crippen molar-refractivity contribution in [1.82, 2.24) is 0 Å². The summed E-state index contributed by atoms with van der Waals surface area (Å²) in [5.74, 6) is 0.924. The normalized spacial score (nSPS) is 10.5. The predicted molar refractivity (Wildman–Crippen MR) is 88.7 cm³/mol. The summed E-state index contributed by atoms with van der Waals surface area (Å²) in [6, 6.07) is 16.6. The van der Waals surface area contributed by atoms with E-state index in [4.69, 9.17) is 4.74 Å². The van der Waals surface area contributed by atoms with Crippen LogP contribution in [0.5, 0.6) is 5.75 Å². The zero-order valence-corrected chi connectivity index (χ0v) is 13.3. The van der Waals surface area contributed by atoms with Crippen LogP contribution in [0, 0.1) is 3.57 Å². The standard InChI is InChI=1S/C16H18INO/c1-12(2)19-16-9-3-13(4-10-16)11-18-15-7-5-14(17)6-8-15/h3-10,12,18H,11H2,1-2H3. The zero-order valence-electron chi connectivity index (χ0n) is 11.2. The van der Waals surface area contributed by atoms with Crippen molar-refractivity contribution in [3.05, 3.63) is 57.7 Å². The molecule has 0 aliphatic carbocycles. The first-order valence-electron chi connectivity index (χ1n) is 6.38. The minimum absolute atomic E-state index is 0.218. The Morgan fingerprint density at radius 1 is 1.00 bits per heavy atom. The first-order chi connectivity index (χ1) is 9.13. The molecule has 3 heteroatoms. The van der Waals surface area contributed by atoms with Crippen LogP contribution in [-0.4, -0.2) is 6.10 Å². The van der Waals surface area contributed by atoms with Gasteiger partial charge in [0.15, 0.2) is 0 Å². The highest BCUT2D eigenvalue weighted by Gasteiger charge is 1.98. The molecule has 2 aromatic rings. The summed E-state index contributed by atoms with van der Waals surface area (Å²) in [5.41, 5.74) is 2.39. The summed E-state index contributed by atoms with van der Waals surface area (Å²) in [4.78, 5) is 0. The molecule has 0 aliphatic heterocycles. The van der Waals surface area contributed by atoms with Crippen molar-refractivity contribution in [3.8, 4) is 5.75 Å². The van der Waals surface area contributed by atoms with Crippen LogP contribution >= 0.6 is 22.6 Å². The minimum Gasteiger partial charge on any atom is -0.491 e. The molecule has 0 fully saturated rings. The molecule has 0 radical (unpaired) electrons. The smallest absolute Gasteiger partial charge is 0.119 e. The molecule has 0 aliphatic rings. The fourth-order valence-electron chi connectivity index (χ4n) is 1.73. The Kier molecular flexibility index (Phi) is 5.07. The van der Waals surface area contributed by atoms with E-state index < -0.39 is 0 Å². The van der Waals surface area contributed by atoms with Crippen molar-refractivity contribution in [1.29, 1.82) is 0 Å². The lowest BCUT2D eigenvalue weighted by Crippen LogP contribution is -2.05. The van der Waals surface area contributed by atoms with E-state index in [-0.39, 0.29) is 6.10 Å². The van der Waals surface area contributed by atoms with Crippen LogP contribution in [-0.2, 0) is 6.54 Å². The van der Waals surface area contributed by atoms with Gasteiger partial charge in [0.1, 0.15) is 5.75 Å². The van der Waals surface area contributed by atoms with Gasteiger partial charge in [-0.2, -0.15) is 0 Å². The number of benzene rings is 2. The summed E-state index contributed by atoms with van der Waals surface area (Å²) in [6.07, 6.45) is 0.218. The van der Waals surface area contributed by atoms with E-state index in [2.05, 4.69) is 64.3 Å². The molecule has 2 rings (SSSR count). The Bertz CT molecular complexity index is 505. The van der Waals surface area contributed by atoms with E-state index in [1.54, 1.807) is 0 Å². The van der Waals surface area contributed by atoms with Gasteiger partial charge < -0.3 is 10.1 Å². The lowest BCUT2D eigenvalue weighted by atomic mass is 10.2. The molecule has 0 unspecified atom stereocenters. The van der Waals surface area contributed by atoms with Gasteiger partial charge in [0.05, 0.1) is 6.10 Å². The molecule has 0 bridgehead atoms. The highest BCUT2D eigenvalue weighted by molar-refractivity contribution is 14.1. The maximum absolute atomic E-state index is 5.62. The lowest BCUT2D eigenvalue weighted by molar-refractivity contribution is 0.242. The molecular weight excluding hydrogens is 349 g/mol. The first kappa shape index (κ1) is 14.2. The largest absolute Gasteiger partial charge is 0.491 e. The van der Waals surface area contributed by atoms with Crippen molar-refractivity contribution < 1.29 is 4.74 Å². The highest BCUT2D eigenvalue weighted by Crippen LogP contribution is 2.16. The third kappa shape index (κ3) is 4.74. The van der Waals surface area contributed by atoms with Crippen LogP contribution in [0.25, 0.3) is 0 Å². The number of ether oxygens (including phenoxy) is 1. The lowest BCUT2D eigenvalue weighted by Gasteiger charge is -2.11. The molecule has 0 saturated heterocycles. The van der Waals surface area contributed by atoms with Crippen molar-refractivity contribution in [2.45, 2.75) is 26.5 Å². The number of nitrogens with one attached hydrogen (secondary N) is 1. The molecule has 2 nitrogen and oxygen atoms in total. The Hall–Kier alpha value is -1.23. The Balaban J connectivity index is 1.91. The van der Waals surface area contributed by atoms with Gasteiger partial charge in [-0.3, -0.25) is 0 Å². The monoisotopic (exact) mass is 367 g/mol. The SMILES string of the molecule is CC(C)Oc1ccc(CNc2ccc(I)cc2)cc1. The van der Waals surface area contributed by atoms with E-state index in [1.807, 2.05) is 26.0 Å². The maximum atomic E-state index is 5.62. The average Bonchev–Trinajstić information content (AvgIpc) is 2.39. The van der Waals surface area contributed by atoms with Crippen LogP contribution in [0.1, 0.15) is 19.4 Å². The van der Waals surface area contributed by atoms with Crippen molar-refractivity contribution in [2.24, 2.45) is 0 Å². The van der Waals surface area contributed by atoms with Gasteiger partial charge in [-0.15, -0.1) is 0 Å². The molecule has 0 saturated carbocycles. The summed E-state index contributed by atoms with van der Waals surface area (Å²) in [5, 5.41) is 3.40. The van der Waals surface area contributed by atoms with Gasteiger partial charge in [0, 0.05) is 15.8 Å². The molecule has 19 heavy (non-hydrogen) atoms. The molecule has 0 heterocycles. The number of anilines is 1. The van der Waals surface area contributed by atoms with Crippen LogP contribution in [0.2, 0.25) is 0 Å². The second-order valence-corrected chi connectivity index (χ2v) is 5.92. The van der Waals surface area contributed by atoms with Crippen molar-refractivity contribution >= 4 is 28.3 Å². The van der Waals surface area contributed by atoms with Gasteiger partial charge in [0.25, 0.3) is 0 Å². The summed E-state index contributed by atoms with van der Waals surface area (Å²) < 4.78 is 6.87. The summed E-state index contributed by atoms with van der Waals surface area (Å²) >= 11 is 2.31. The Morgan fingerprint density at radius 2 is 1.63 bits per heavy atom. The van der Waals surface area contributed by atoms with Gasteiger partial charge in [-0.1, -0.05) is 12.1 Å². The number of rotatable bonds is 5. The number of hydrogen-bond acceptors (Lipinski definition) is 2. The fraction of sp³-hybridized carbons (Fsp3) is 0.250. The van der Waals surface area contributed by atoms with Gasteiger partial charge in [-0.05, 0) is 78.4 Å². The molecule has 0 spiro atoms. The van der Waals surface area contributed by atoms with Gasteiger partial charge >= 0.3 is 0 Å². The van der Waals surface area contributed by atoms with Crippen LogP contribution in [0.3, 0.4) is 0 Å². The summed E-state index contributed by atoms with van der Waals surface area (Å²) in [6.45, 7) is 4.89. The number of halogens is 1. The molecule has 100 valence electrons. The first-order valence-corrected chi connectivity index (χ1v) is 7.46. The van der Waals surface area contributed by atoms with E-state index in [0.717, 1.165) is 18.0 Å². The van der Waals surface area contributed by atoms with Crippen LogP contribution < -0.4 is 10.1 Å². The zero-order chi connectivity index (χ0) is 13.7. The molecule has 1 N–H and O–H groups in total. The molecular formula is C16H18INO. The van der Waals surface area contributed by atoms with Crippen molar-refractivity contribution in [2.75, 3.05) is 5.32 Å². The minimum atomic E-state index is 0.218. The number of hydrogen-bond donors (Lipinski definition) is 1. The Morgan fingerprint density at radius 3 is 2.21 bits per heavy atom. The van der Waals surface area contributed by atoms with E-state index in [1.165, 1.54) is 9.13 Å². The third-order valence-electron chi connectivity index (χ3n) is 2.64. The second kappa shape index (κ2) is 6.80. The predicted octanol–water partition coefficient (Wildman–Crippen LogP) is 4.69. The maximum Gasteiger partial charge on any atom is 0.119 e. The molecule has 0 aromatic heterocycles. The fourth-order valence-corrected chi connectivity index (χ4v) is 2.09. The van der Waals surface area contributed by atoms with E-state index in [9.17, 15) is 0 Å². The van der Waals surface area contributed by atoms with Crippen LogP contribution in [0.15, 0.2) is 48.5 Å². The molecule has 0 amide bonds. The molecule has 0 atom stereocenters. The topological polar surface area (TPSA) is 21.3 Å². The molecule has 2 aromatic carbocycles. The second-order valence-electron chi connectivity index (χ2n) is 4.67. The van der Waals surface area contributed by atoms with Gasteiger partial charge in [0.2, 0.25) is 0 Å². The average molecular weight is 367 g/mol.